The summed E-state index contributed by atoms with van der Waals surface area (Å²) in [5.41, 5.74) is 7.87. The van der Waals surface area contributed by atoms with E-state index < -0.39 is 0 Å². The molecule has 3 heterocycles. The highest BCUT2D eigenvalue weighted by molar-refractivity contribution is 7.25. The number of anilines is 6. The van der Waals surface area contributed by atoms with Crippen molar-refractivity contribution in [3.63, 3.8) is 0 Å². The van der Waals surface area contributed by atoms with E-state index >= 15 is 0 Å². The molecule has 10 aromatic rings. The van der Waals surface area contributed by atoms with Crippen molar-refractivity contribution in [2.75, 3.05) is 9.80 Å². The van der Waals surface area contributed by atoms with E-state index in [0.717, 1.165) is 67.6 Å². The van der Waals surface area contributed by atoms with Crippen LogP contribution in [0.2, 0.25) is 0 Å². The summed E-state index contributed by atoms with van der Waals surface area (Å²) in [6, 6.07) is 60.1. The van der Waals surface area contributed by atoms with Gasteiger partial charge in [-0.15, -0.1) is 11.3 Å². The predicted molar refractivity (Wildman–Crippen MR) is 214 cm³/mol. The molecule has 2 aromatic heterocycles. The third-order valence-electron chi connectivity index (χ3n) is 10.0. The van der Waals surface area contributed by atoms with Crippen molar-refractivity contribution in [2.24, 2.45) is 0 Å². The summed E-state index contributed by atoms with van der Waals surface area (Å²) in [5, 5.41) is 7.17. The van der Waals surface area contributed by atoms with Gasteiger partial charge in [-0.05, 0) is 83.6 Å². The Bertz CT molecular complexity index is 2990. The molecule has 0 radical (unpaired) electrons. The van der Waals surface area contributed by atoms with Gasteiger partial charge in [0.05, 0.1) is 11.4 Å². The summed E-state index contributed by atoms with van der Waals surface area (Å²) in [4.78, 5) is 4.61. The molecule has 0 fully saturated rings. The molecule has 5 heteroatoms. The minimum Gasteiger partial charge on any atom is -0.456 e. The lowest BCUT2D eigenvalue weighted by molar-refractivity contribution is 0.477. The first-order valence-corrected chi connectivity index (χ1v) is 17.9. The van der Waals surface area contributed by atoms with Crippen molar-refractivity contribution in [1.82, 2.24) is 0 Å². The van der Waals surface area contributed by atoms with Gasteiger partial charge in [-0.3, -0.25) is 0 Å². The van der Waals surface area contributed by atoms with Crippen molar-refractivity contribution in [1.29, 1.82) is 0 Å². The Balaban J connectivity index is 1.09. The Kier molecular flexibility index (Phi) is 6.09. The van der Waals surface area contributed by atoms with E-state index in [4.69, 9.17) is 9.15 Å². The summed E-state index contributed by atoms with van der Waals surface area (Å²) in [5.74, 6) is 1.61. The molecule has 0 saturated carbocycles. The van der Waals surface area contributed by atoms with E-state index in [-0.39, 0.29) is 0 Å². The standard InChI is InChI=1S/C46H28N2O2S/c1-2-10-30-25-31(18-17-29(30)9-1)47(32-19-22-36-35-11-3-6-14-41(35)49-43(36)26-32)33-21-24-40-44(27-33)50-42-15-7-5-13-39(42)48(40)34-20-23-38-37-12-4-8-16-45(37)51-46(38)28-34/h1-28H. The minimum absolute atomic E-state index is 0.790. The quantitative estimate of drug-likeness (QED) is 0.186. The molecular formula is C46H28N2O2S. The zero-order valence-electron chi connectivity index (χ0n) is 27.3. The average molecular weight is 673 g/mol. The molecular weight excluding hydrogens is 645 g/mol. The number of benzene rings is 8. The van der Waals surface area contributed by atoms with Gasteiger partial charge in [0.1, 0.15) is 11.2 Å². The van der Waals surface area contributed by atoms with Crippen LogP contribution >= 0.6 is 11.3 Å². The summed E-state index contributed by atoms with van der Waals surface area (Å²) < 4.78 is 15.7. The molecule has 0 bridgehead atoms. The smallest absolute Gasteiger partial charge is 0.153 e. The molecule has 8 aromatic carbocycles. The molecule has 240 valence electrons. The molecule has 0 saturated heterocycles. The molecule has 11 rings (SSSR count). The largest absolute Gasteiger partial charge is 0.456 e. The van der Waals surface area contributed by atoms with Gasteiger partial charge >= 0.3 is 0 Å². The summed E-state index contributed by atoms with van der Waals surface area (Å²) in [6.07, 6.45) is 0. The van der Waals surface area contributed by atoms with Gasteiger partial charge in [0, 0.05) is 65.8 Å². The van der Waals surface area contributed by atoms with Crippen molar-refractivity contribution < 1.29 is 9.15 Å². The Morgan fingerprint density at radius 1 is 0.431 bits per heavy atom. The van der Waals surface area contributed by atoms with Gasteiger partial charge in [0.15, 0.2) is 11.5 Å². The van der Waals surface area contributed by atoms with E-state index in [9.17, 15) is 0 Å². The van der Waals surface area contributed by atoms with Crippen molar-refractivity contribution >= 4 is 98.3 Å². The molecule has 0 aliphatic carbocycles. The van der Waals surface area contributed by atoms with Crippen LogP contribution in [0.1, 0.15) is 0 Å². The van der Waals surface area contributed by atoms with Gasteiger partial charge in [0.2, 0.25) is 0 Å². The Morgan fingerprint density at radius 2 is 1.10 bits per heavy atom. The molecule has 51 heavy (non-hydrogen) atoms. The highest BCUT2D eigenvalue weighted by Crippen LogP contribution is 2.53. The van der Waals surface area contributed by atoms with Crippen LogP contribution in [-0.2, 0) is 0 Å². The normalized spacial score (nSPS) is 12.4. The van der Waals surface area contributed by atoms with Crippen molar-refractivity contribution in [3.8, 4) is 11.5 Å². The fourth-order valence-corrected chi connectivity index (χ4v) is 8.77. The highest BCUT2D eigenvalue weighted by atomic mass is 32.1. The first-order valence-electron chi connectivity index (χ1n) is 17.1. The summed E-state index contributed by atoms with van der Waals surface area (Å²) >= 11 is 1.83. The molecule has 1 aliphatic heterocycles. The van der Waals surface area contributed by atoms with Crippen LogP contribution < -0.4 is 14.5 Å². The van der Waals surface area contributed by atoms with Crippen LogP contribution in [0, 0.1) is 0 Å². The average Bonchev–Trinajstić information content (AvgIpc) is 3.74. The molecule has 1 aliphatic rings. The number of hydrogen-bond donors (Lipinski definition) is 0. The molecule has 0 atom stereocenters. The van der Waals surface area contributed by atoms with Gasteiger partial charge in [-0.25, -0.2) is 0 Å². The maximum atomic E-state index is 6.72. The molecule has 0 spiro atoms. The molecule has 0 N–H and O–H groups in total. The van der Waals surface area contributed by atoms with Crippen LogP contribution in [0.3, 0.4) is 0 Å². The van der Waals surface area contributed by atoms with E-state index in [2.05, 4.69) is 155 Å². The van der Waals surface area contributed by atoms with Crippen LogP contribution in [0.5, 0.6) is 11.5 Å². The lowest BCUT2D eigenvalue weighted by Gasteiger charge is -2.34. The van der Waals surface area contributed by atoms with Crippen LogP contribution in [-0.4, -0.2) is 0 Å². The second-order valence-corrected chi connectivity index (χ2v) is 14.1. The maximum Gasteiger partial charge on any atom is 0.153 e. The summed E-state index contributed by atoms with van der Waals surface area (Å²) in [7, 11) is 0. The molecule has 4 nitrogen and oxygen atoms in total. The number of hydrogen-bond acceptors (Lipinski definition) is 5. The zero-order valence-corrected chi connectivity index (χ0v) is 28.1. The first-order chi connectivity index (χ1) is 25.2. The van der Waals surface area contributed by atoms with E-state index in [1.165, 1.54) is 30.9 Å². The van der Waals surface area contributed by atoms with Crippen LogP contribution in [0.25, 0.3) is 52.9 Å². The van der Waals surface area contributed by atoms with E-state index in [1.54, 1.807) is 0 Å². The number of para-hydroxylation sites is 3. The molecule has 0 unspecified atom stereocenters. The van der Waals surface area contributed by atoms with Crippen molar-refractivity contribution in [2.45, 2.75) is 0 Å². The number of ether oxygens (including phenoxy) is 1. The number of furan rings is 1. The van der Waals surface area contributed by atoms with Crippen LogP contribution in [0.4, 0.5) is 34.1 Å². The number of fused-ring (bicyclic) bond motifs is 9. The lowest BCUT2D eigenvalue weighted by atomic mass is 10.1. The van der Waals surface area contributed by atoms with E-state index in [1.807, 2.05) is 35.6 Å². The second-order valence-electron chi connectivity index (χ2n) is 13.0. The van der Waals surface area contributed by atoms with Crippen LogP contribution in [0.15, 0.2) is 174 Å². The van der Waals surface area contributed by atoms with Gasteiger partial charge < -0.3 is 19.0 Å². The number of rotatable bonds is 4. The van der Waals surface area contributed by atoms with E-state index in [0.29, 0.717) is 0 Å². The first kappa shape index (κ1) is 28.3. The Hall–Kier alpha value is -6.56. The fraction of sp³-hybridized carbons (Fsp3) is 0. The third kappa shape index (κ3) is 4.45. The minimum atomic E-state index is 0.790. The number of thiophene rings is 1. The van der Waals surface area contributed by atoms with Gasteiger partial charge in [0.25, 0.3) is 0 Å². The van der Waals surface area contributed by atoms with Crippen molar-refractivity contribution in [3.05, 3.63) is 170 Å². The van der Waals surface area contributed by atoms with Gasteiger partial charge in [-0.1, -0.05) is 84.9 Å². The third-order valence-corrected chi connectivity index (χ3v) is 11.1. The van der Waals surface area contributed by atoms with Gasteiger partial charge in [-0.2, -0.15) is 0 Å². The lowest BCUT2D eigenvalue weighted by Crippen LogP contribution is -2.16. The maximum absolute atomic E-state index is 6.72. The second kappa shape index (κ2) is 11.0. The Morgan fingerprint density at radius 3 is 2.06 bits per heavy atom. The predicted octanol–water partition coefficient (Wildman–Crippen LogP) is 14.2. The molecule has 0 amide bonds. The zero-order chi connectivity index (χ0) is 33.5. The highest BCUT2D eigenvalue weighted by Gasteiger charge is 2.28. The fourth-order valence-electron chi connectivity index (χ4n) is 7.63. The SMILES string of the molecule is c1ccc2c(c1)Oc1cc(N(c3ccc4ccccc4c3)c3ccc4c(c3)oc3ccccc34)ccc1N2c1ccc2c(c1)sc1ccccc12. The Labute approximate surface area is 297 Å². The topological polar surface area (TPSA) is 28.9 Å². The monoisotopic (exact) mass is 672 g/mol. The summed E-state index contributed by atoms with van der Waals surface area (Å²) in [6.45, 7) is 0. The number of nitrogens with zero attached hydrogens (tertiary/aromatic N) is 2.